The average molecular weight is 344 g/mol. The number of hydrogen-bond acceptors (Lipinski definition) is 6. The lowest BCUT2D eigenvalue weighted by Gasteiger charge is -2.26. The lowest BCUT2D eigenvalue weighted by atomic mass is 10.1. The quantitative estimate of drug-likeness (QED) is 0.596. The summed E-state index contributed by atoms with van der Waals surface area (Å²) in [4.78, 5) is 14.4. The van der Waals surface area contributed by atoms with Gasteiger partial charge in [0.05, 0.1) is 20.3 Å². The fourth-order valence-corrected chi connectivity index (χ4v) is 2.61. The monoisotopic (exact) mass is 344 g/mol. The molecular formula is C18H24N4O3. The zero-order valence-corrected chi connectivity index (χ0v) is 14.8. The molecule has 0 bridgehead atoms. The molecule has 1 amide bonds. The molecule has 0 radical (unpaired) electrons. The van der Waals surface area contributed by atoms with Crippen molar-refractivity contribution in [3.8, 4) is 17.6 Å². The van der Waals surface area contributed by atoms with Crippen LogP contribution in [0.5, 0.6) is 11.5 Å². The van der Waals surface area contributed by atoms with Gasteiger partial charge in [0.1, 0.15) is 11.6 Å². The highest BCUT2D eigenvalue weighted by Crippen LogP contribution is 2.29. The first kappa shape index (κ1) is 18.6. The predicted octanol–water partition coefficient (Wildman–Crippen LogP) is 1.19. The molecule has 1 aromatic carbocycles. The van der Waals surface area contributed by atoms with E-state index >= 15 is 0 Å². The van der Waals surface area contributed by atoms with Crippen LogP contribution in [0.4, 0.5) is 0 Å². The molecule has 1 saturated heterocycles. The second-order valence-electron chi connectivity index (χ2n) is 5.75. The van der Waals surface area contributed by atoms with Crippen LogP contribution >= 0.6 is 0 Å². The maximum atomic E-state index is 12.4. The van der Waals surface area contributed by atoms with Crippen molar-refractivity contribution in [2.45, 2.75) is 13.0 Å². The molecule has 2 rings (SSSR count). The van der Waals surface area contributed by atoms with Gasteiger partial charge >= 0.3 is 0 Å². The Balaban J connectivity index is 2.07. The van der Waals surface area contributed by atoms with E-state index in [1.165, 1.54) is 0 Å². The predicted molar refractivity (Wildman–Crippen MR) is 94.2 cm³/mol. The van der Waals surface area contributed by atoms with Gasteiger partial charge in [0.25, 0.3) is 5.91 Å². The molecule has 134 valence electrons. The molecule has 0 spiro atoms. The molecule has 25 heavy (non-hydrogen) atoms. The summed E-state index contributed by atoms with van der Waals surface area (Å²) in [6.07, 6.45) is 1.64. The maximum absolute atomic E-state index is 12.4. The number of carbonyl (C=O) groups excluding carboxylic acids is 1. The van der Waals surface area contributed by atoms with Gasteiger partial charge in [-0.1, -0.05) is 6.07 Å². The number of hydrogen-bond donors (Lipinski definition) is 2. The smallest absolute Gasteiger partial charge is 0.263 e. The van der Waals surface area contributed by atoms with Crippen molar-refractivity contribution in [1.29, 1.82) is 5.26 Å². The van der Waals surface area contributed by atoms with E-state index in [9.17, 15) is 10.1 Å². The summed E-state index contributed by atoms with van der Waals surface area (Å²) in [7, 11) is 3.14. The van der Waals surface area contributed by atoms with Crippen LogP contribution in [0, 0.1) is 11.3 Å². The van der Waals surface area contributed by atoms with Crippen LogP contribution in [-0.2, 0) is 4.79 Å². The normalized spacial score (nSPS) is 15.9. The van der Waals surface area contributed by atoms with E-state index in [0.717, 1.165) is 31.7 Å². The summed E-state index contributed by atoms with van der Waals surface area (Å²) in [5.41, 5.74) is 0.972. The highest BCUT2D eigenvalue weighted by atomic mass is 16.5. The number of nitrogens with zero attached hydrogens (tertiary/aromatic N) is 2. The van der Waals surface area contributed by atoms with Gasteiger partial charge < -0.3 is 25.0 Å². The topological polar surface area (TPSA) is 86.6 Å². The van der Waals surface area contributed by atoms with Crippen molar-refractivity contribution < 1.29 is 14.3 Å². The summed E-state index contributed by atoms with van der Waals surface area (Å²) in [6.45, 7) is 5.12. The van der Waals surface area contributed by atoms with Crippen LogP contribution in [0.25, 0.3) is 0 Å². The molecule has 1 atom stereocenters. The van der Waals surface area contributed by atoms with Crippen LogP contribution in [0.15, 0.2) is 30.0 Å². The van der Waals surface area contributed by atoms with Crippen LogP contribution < -0.4 is 20.1 Å². The third kappa shape index (κ3) is 4.88. The summed E-state index contributed by atoms with van der Waals surface area (Å²) >= 11 is 0. The van der Waals surface area contributed by atoms with E-state index in [0.29, 0.717) is 11.5 Å². The molecule has 1 unspecified atom stereocenters. The van der Waals surface area contributed by atoms with Crippen molar-refractivity contribution in [3.05, 3.63) is 35.5 Å². The first-order valence-electron chi connectivity index (χ1n) is 8.18. The Morgan fingerprint density at radius 3 is 2.60 bits per heavy atom. The van der Waals surface area contributed by atoms with E-state index in [4.69, 9.17) is 9.47 Å². The standard InChI is InChI=1S/C18H24N4O3/c1-13(14-4-5-16(24-2)17(10-14)25-3)21-18(23)15(11-19)12-22-8-6-20-7-9-22/h4-5,10,12-13,20H,6-9H2,1-3H3,(H,21,23)/b15-12-. The third-order valence-electron chi connectivity index (χ3n) is 4.08. The van der Waals surface area contributed by atoms with E-state index in [1.54, 1.807) is 26.5 Å². The van der Waals surface area contributed by atoms with Gasteiger partial charge in [-0.2, -0.15) is 5.26 Å². The van der Waals surface area contributed by atoms with Crippen molar-refractivity contribution in [3.63, 3.8) is 0 Å². The minimum Gasteiger partial charge on any atom is -0.493 e. The molecule has 1 aliphatic rings. The molecule has 7 heteroatoms. The number of benzene rings is 1. The fourth-order valence-electron chi connectivity index (χ4n) is 2.61. The Hall–Kier alpha value is -2.72. The molecule has 7 nitrogen and oxygen atoms in total. The van der Waals surface area contributed by atoms with Crippen LogP contribution in [0.2, 0.25) is 0 Å². The van der Waals surface area contributed by atoms with Crippen LogP contribution in [0.3, 0.4) is 0 Å². The molecule has 0 saturated carbocycles. The second-order valence-corrected chi connectivity index (χ2v) is 5.75. The van der Waals surface area contributed by atoms with E-state index < -0.39 is 0 Å². The van der Waals surface area contributed by atoms with Crippen molar-refractivity contribution in [1.82, 2.24) is 15.5 Å². The molecular weight excluding hydrogens is 320 g/mol. The van der Waals surface area contributed by atoms with Gasteiger partial charge in [-0.05, 0) is 24.6 Å². The number of carbonyl (C=O) groups is 1. The molecule has 0 aliphatic carbocycles. The number of piperazine rings is 1. The fraction of sp³-hybridized carbons (Fsp3) is 0.444. The van der Waals surface area contributed by atoms with Gasteiger partial charge in [-0.15, -0.1) is 0 Å². The average Bonchev–Trinajstić information content (AvgIpc) is 2.66. The zero-order valence-electron chi connectivity index (χ0n) is 14.8. The summed E-state index contributed by atoms with van der Waals surface area (Å²) in [6, 6.07) is 7.18. The Morgan fingerprint density at radius 1 is 1.32 bits per heavy atom. The highest BCUT2D eigenvalue weighted by molar-refractivity contribution is 5.97. The Kier molecular flexibility index (Phi) is 6.66. The molecule has 1 fully saturated rings. The van der Waals surface area contributed by atoms with Gasteiger partial charge in [0.2, 0.25) is 0 Å². The largest absolute Gasteiger partial charge is 0.493 e. The molecule has 2 N–H and O–H groups in total. The van der Waals surface area contributed by atoms with Gasteiger partial charge in [-0.3, -0.25) is 4.79 Å². The lowest BCUT2D eigenvalue weighted by Crippen LogP contribution is -2.41. The van der Waals surface area contributed by atoms with Crippen LogP contribution in [0.1, 0.15) is 18.5 Å². The van der Waals surface area contributed by atoms with Gasteiger partial charge in [0, 0.05) is 32.4 Å². The van der Waals surface area contributed by atoms with E-state index in [-0.39, 0.29) is 17.5 Å². The van der Waals surface area contributed by atoms with Gasteiger partial charge in [0.15, 0.2) is 11.5 Å². The molecule has 1 aliphatic heterocycles. The SMILES string of the molecule is COc1ccc(C(C)NC(=O)/C(C#N)=C\N2CCNCC2)cc1OC. The minimum atomic E-state index is -0.386. The lowest BCUT2D eigenvalue weighted by molar-refractivity contribution is -0.117. The van der Waals surface area contributed by atoms with E-state index in [1.807, 2.05) is 30.0 Å². The number of nitriles is 1. The molecule has 0 aromatic heterocycles. The number of amides is 1. The summed E-state index contributed by atoms with van der Waals surface area (Å²) in [5, 5.41) is 15.4. The van der Waals surface area contributed by atoms with Crippen molar-refractivity contribution in [2.75, 3.05) is 40.4 Å². The number of methoxy groups -OCH3 is 2. The Labute approximate surface area is 148 Å². The maximum Gasteiger partial charge on any atom is 0.263 e. The van der Waals surface area contributed by atoms with Gasteiger partial charge in [-0.25, -0.2) is 0 Å². The van der Waals surface area contributed by atoms with Crippen molar-refractivity contribution >= 4 is 5.91 Å². The number of nitrogens with one attached hydrogen (secondary N) is 2. The molecule has 1 aromatic rings. The highest BCUT2D eigenvalue weighted by Gasteiger charge is 2.17. The Morgan fingerprint density at radius 2 is 2.00 bits per heavy atom. The zero-order chi connectivity index (χ0) is 18.2. The Bertz CT molecular complexity index is 675. The van der Waals surface area contributed by atoms with Crippen molar-refractivity contribution in [2.24, 2.45) is 0 Å². The number of ether oxygens (including phenoxy) is 2. The summed E-state index contributed by atoms with van der Waals surface area (Å²) < 4.78 is 10.5. The van der Waals surface area contributed by atoms with Crippen LogP contribution in [-0.4, -0.2) is 51.2 Å². The first-order valence-corrected chi connectivity index (χ1v) is 8.18. The first-order chi connectivity index (χ1) is 12.1. The third-order valence-corrected chi connectivity index (χ3v) is 4.08. The number of rotatable bonds is 6. The van der Waals surface area contributed by atoms with E-state index in [2.05, 4.69) is 10.6 Å². The second kappa shape index (κ2) is 8.94. The minimum absolute atomic E-state index is 0.106. The summed E-state index contributed by atoms with van der Waals surface area (Å²) in [5.74, 6) is 0.836. The molecule has 1 heterocycles.